The molecule has 1 aliphatic heterocycles. The van der Waals surface area contributed by atoms with Gasteiger partial charge in [0, 0.05) is 43.7 Å². The molecular formula is C22H24N4O3. The quantitative estimate of drug-likeness (QED) is 0.695. The summed E-state index contributed by atoms with van der Waals surface area (Å²) in [6.07, 6.45) is 3.60. The van der Waals surface area contributed by atoms with Crippen LogP contribution in [0.2, 0.25) is 0 Å². The van der Waals surface area contributed by atoms with Gasteiger partial charge in [0.05, 0.1) is 19.3 Å². The van der Waals surface area contributed by atoms with E-state index < -0.39 is 0 Å². The Labute approximate surface area is 169 Å². The van der Waals surface area contributed by atoms with Crippen molar-refractivity contribution in [2.45, 2.75) is 13.0 Å². The van der Waals surface area contributed by atoms with Crippen molar-refractivity contribution < 1.29 is 14.1 Å². The van der Waals surface area contributed by atoms with Crippen molar-refractivity contribution >= 4 is 5.91 Å². The molecule has 7 nitrogen and oxygen atoms in total. The van der Waals surface area contributed by atoms with Crippen molar-refractivity contribution in [3.05, 3.63) is 71.7 Å². The molecular weight excluding hydrogens is 368 g/mol. The molecule has 1 aromatic carbocycles. The third kappa shape index (κ3) is 4.70. The molecule has 1 amide bonds. The lowest BCUT2D eigenvalue weighted by Crippen LogP contribution is -2.43. The highest BCUT2D eigenvalue weighted by molar-refractivity contribution is 5.93. The van der Waals surface area contributed by atoms with Crippen molar-refractivity contribution in [2.75, 3.05) is 32.8 Å². The molecule has 0 bridgehead atoms. The third-order valence-corrected chi connectivity index (χ3v) is 5.09. The number of amides is 1. The maximum atomic E-state index is 12.7. The van der Waals surface area contributed by atoms with Gasteiger partial charge in [0.2, 0.25) is 0 Å². The van der Waals surface area contributed by atoms with E-state index in [-0.39, 0.29) is 17.6 Å². The Hall–Kier alpha value is -3.03. The molecule has 1 atom stereocenters. The molecule has 150 valence electrons. The average Bonchev–Trinajstić information content (AvgIpc) is 3.26. The first-order valence-electron chi connectivity index (χ1n) is 9.74. The van der Waals surface area contributed by atoms with Crippen molar-refractivity contribution in [2.24, 2.45) is 0 Å². The van der Waals surface area contributed by atoms with Gasteiger partial charge in [-0.05, 0) is 18.6 Å². The first kappa shape index (κ1) is 19.3. The molecule has 0 radical (unpaired) electrons. The number of hydrogen-bond acceptors (Lipinski definition) is 6. The van der Waals surface area contributed by atoms with Crippen molar-refractivity contribution in [1.82, 2.24) is 20.4 Å². The van der Waals surface area contributed by atoms with Gasteiger partial charge in [0.25, 0.3) is 5.91 Å². The first-order valence-corrected chi connectivity index (χ1v) is 9.74. The minimum absolute atomic E-state index is 0.0278. The number of aromatic nitrogens is 2. The van der Waals surface area contributed by atoms with Gasteiger partial charge in [-0.2, -0.15) is 0 Å². The van der Waals surface area contributed by atoms with Crippen LogP contribution in [0, 0.1) is 6.92 Å². The number of rotatable bonds is 6. The Morgan fingerprint density at radius 3 is 2.72 bits per heavy atom. The van der Waals surface area contributed by atoms with Crippen LogP contribution in [0.5, 0.6) is 0 Å². The topological polar surface area (TPSA) is 80.5 Å². The number of carbonyl (C=O) groups is 1. The van der Waals surface area contributed by atoms with Crippen LogP contribution < -0.4 is 5.32 Å². The number of nitrogens with one attached hydrogen (secondary N) is 1. The summed E-state index contributed by atoms with van der Waals surface area (Å²) < 4.78 is 10.8. The molecule has 1 saturated heterocycles. The molecule has 0 aliphatic carbocycles. The fourth-order valence-electron chi connectivity index (χ4n) is 3.44. The van der Waals surface area contributed by atoms with E-state index in [1.54, 1.807) is 12.3 Å². The number of ether oxygens (including phenoxy) is 1. The van der Waals surface area contributed by atoms with Gasteiger partial charge in [0.1, 0.15) is 0 Å². The number of morpholine rings is 1. The van der Waals surface area contributed by atoms with Crippen molar-refractivity contribution in [3.63, 3.8) is 0 Å². The second-order valence-electron chi connectivity index (χ2n) is 7.10. The molecule has 2 aromatic heterocycles. The van der Waals surface area contributed by atoms with Crippen LogP contribution in [-0.4, -0.2) is 53.8 Å². The number of pyridine rings is 1. The minimum Gasteiger partial charge on any atom is -0.379 e. The Bertz CT molecular complexity index is 934. The van der Waals surface area contributed by atoms with Gasteiger partial charge in [0.15, 0.2) is 11.5 Å². The van der Waals surface area contributed by atoms with Crippen LogP contribution >= 0.6 is 0 Å². The summed E-state index contributed by atoms with van der Waals surface area (Å²) in [6.45, 7) is 5.49. The Balaban J connectivity index is 1.44. The predicted octanol–water partition coefficient (Wildman–Crippen LogP) is 2.85. The van der Waals surface area contributed by atoms with E-state index >= 15 is 0 Å². The summed E-state index contributed by atoms with van der Waals surface area (Å²) >= 11 is 0. The van der Waals surface area contributed by atoms with Gasteiger partial charge in [-0.3, -0.25) is 14.7 Å². The Kier molecular flexibility index (Phi) is 5.97. The Morgan fingerprint density at radius 2 is 2.00 bits per heavy atom. The first-order chi connectivity index (χ1) is 14.2. The zero-order valence-corrected chi connectivity index (χ0v) is 16.4. The molecule has 3 heterocycles. The largest absolute Gasteiger partial charge is 0.379 e. The van der Waals surface area contributed by atoms with E-state index in [2.05, 4.69) is 20.4 Å². The molecule has 0 spiro atoms. The van der Waals surface area contributed by atoms with Crippen molar-refractivity contribution in [3.8, 4) is 11.3 Å². The second-order valence-corrected chi connectivity index (χ2v) is 7.10. The lowest BCUT2D eigenvalue weighted by atomic mass is 10.1. The van der Waals surface area contributed by atoms with Crippen LogP contribution in [-0.2, 0) is 4.74 Å². The monoisotopic (exact) mass is 392 g/mol. The zero-order valence-electron chi connectivity index (χ0n) is 16.4. The maximum Gasteiger partial charge on any atom is 0.273 e. The lowest BCUT2D eigenvalue weighted by molar-refractivity contribution is 0.0161. The van der Waals surface area contributed by atoms with Crippen LogP contribution in [0.1, 0.15) is 27.7 Å². The molecule has 1 N–H and O–H groups in total. The SMILES string of the molecule is Cc1ccc(-c2cc(C(=O)NC[C@@H](c3cccnc3)N3CCOCC3)no2)cc1. The molecule has 0 unspecified atom stereocenters. The fourth-order valence-corrected chi connectivity index (χ4v) is 3.44. The average molecular weight is 392 g/mol. The van der Waals surface area contributed by atoms with Crippen LogP contribution in [0.15, 0.2) is 59.4 Å². The molecule has 1 fully saturated rings. The van der Waals surface area contributed by atoms with Gasteiger partial charge in [-0.1, -0.05) is 41.1 Å². The summed E-state index contributed by atoms with van der Waals surface area (Å²) in [5, 5.41) is 6.94. The number of hydrogen-bond donors (Lipinski definition) is 1. The normalized spacial score (nSPS) is 15.8. The number of carbonyl (C=O) groups excluding carboxylic acids is 1. The highest BCUT2D eigenvalue weighted by Gasteiger charge is 2.24. The lowest BCUT2D eigenvalue weighted by Gasteiger charge is -2.34. The number of nitrogens with zero attached hydrogens (tertiary/aromatic N) is 3. The van der Waals surface area contributed by atoms with Crippen molar-refractivity contribution in [1.29, 1.82) is 0 Å². The van der Waals surface area contributed by atoms with E-state index in [1.807, 2.05) is 49.5 Å². The highest BCUT2D eigenvalue weighted by atomic mass is 16.5. The van der Waals surface area contributed by atoms with Gasteiger partial charge >= 0.3 is 0 Å². The van der Waals surface area contributed by atoms with E-state index in [0.717, 1.165) is 29.8 Å². The van der Waals surface area contributed by atoms with E-state index in [4.69, 9.17) is 9.26 Å². The van der Waals surface area contributed by atoms with Crippen LogP contribution in [0.4, 0.5) is 0 Å². The third-order valence-electron chi connectivity index (χ3n) is 5.09. The fraction of sp³-hybridized carbons (Fsp3) is 0.318. The molecule has 1 aliphatic rings. The summed E-state index contributed by atoms with van der Waals surface area (Å²) in [5.41, 5.74) is 3.39. The van der Waals surface area contributed by atoms with Crippen LogP contribution in [0.3, 0.4) is 0 Å². The molecule has 3 aromatic rings. The minimum atomic E-state index is -0.255. The highest BCUT2D eigenvalue weighted by Crippen LogP contribution is 2.22. The summed E-state index contributed by atoms with van der Waals surface area (Å²) in [7, 11) is 0. The number of aryl methyl sites for hydroxylation is 1. The molecule has 0 saturated carbocycles. The smallest absolute Gasteiger partial charge is 0.273 e. The van der Waals surface area contributed by atoms with E-state index in [0.29, 0.717) is 25.5 Å². The summed E-state index contributed by atoms with van der Waals surface area (Å²) in [5.74, 6) is 0.321. The second kappa shape index (κ2) is 8.98. The van der Waals surface area contributed by atoms with Gasteiger partial charge in [-0.25, -0.2) is 0 Å². The summed E-state index contributed by atoms with van der Waals surface area (Å²) in [6, 6.07) is 13.6. The van der Waals surface area contributed by atoms with Crippen LogP contribution in [0.25, 0.3) is 11.3 Å². The van der Waals surface area contributed by atoms with Gasteiger partial charge in [-0.15, -0.1) is 0 Å². The molecule has 7 heteroatoms. The zero-order chi connectivity index (χ0) is 20.1. The maximum absolute atomic E-state index is 12.7. The number of benzene rings is 1. The Morgan fingerprint density at radius 1 is 1.21 bits per heavy atom. The summed E-state index contributed by atoms with van der Waals surface area (Å²) in [4.78, 5) is 19.2. The standard InChI is InChI=1S/C22H24N4O3/c1-16-4-6-17(7-5-16)21-13-19(25-29-21)22(27)24-15-20(18-3-2-8-23-14-18)26-9-11-28-12-10-26/h2-8,13-14,20H,9-12,15H2,1H3,(H,24,27)/t20-/m0/s1. The van der Waals surface area contributed by atoms with Gasteiger partial charge < -0.3 is 14.6 Å². The molecule has 29 heavy (non-hydrogen) atoms. The molecule has 4 rings (SSSR count). The van der Waals surface area contributed by atoms with E-state index in [9.17, 15) is 4.79 Å². The van der Waals surface area contributed by atoms with E-state index in [1.165, 1.54) is 0 Å². The predicted molar refractivity (Wildman–Crippen MR) is 108 cm³/mol.